The predicted octanol–water partition coefficient (Wildman–Crippen LogP) is 3.20. The fraction of sp³-hybridized carbons (Fsp3) is 0.462. The van der Waals surface area contributed by atoms with Gasteiger partial charge in [0.1, 0.15) is 17.4 Å². The summed E-state index contributed by atoms with van der Waals surface area (Å²) >= 11 is 0. The van der Waals surface area contributed by atoms with Crippen molar-refractivity contribution in [2.45, 2.75) is 19.8 Å². The van der Waals surface area contributed by atoms with Gasteiger partial charge in [0.25, 0.3) is 0 Å². The number of rotatable bonds is 4. The molecule has 1 aliphatic carbocycles. The van der Waals surface area contributed by atoms with Crippen LogP contribution in [0.25, 0.3) is 0 Å². The first-order chi connectivity index (χ1) is 8.04. The van der Waals surface area contributed by atoms with Gasteiger partial charge in [-0.2, -0.15) is 0 Å². The van der Waals surface area contributed by atoms with Crippen LogP contribution >= 0.6 is 0 Å². The summed E-state index contributed by atoms with van der Waals surface area (Å²) in [7, 11) is 1.32. The van der Waals surface area contributed by atoms with Crippen LogP contribution < -0.4 is 4.74 Å². The lowest BCUT2D eigenvalue weighted by molar-refractivity contribution is 0.0907. The smallest absolute Gasteiger partial charge is 0.171 e. The van der Waals surface area contributed by atoms with Crippen molar-refractivity contribution in [3.63, 3.8) is 0 Å². The molecule has 1 unspecified atom stereocenters. The Kier molecular flexibility index (Phi) is 3.13. The molecule has 0 bridgehead atoms. The molecule has 1 saturated carbocycles. The first kappa shape index (κ1) is 12.0. The summed E-state index contributed by atoms with van der Waals surface area (Å²) in [6.45, 7) is 1.73. The topological polar surface area (TPSA) is 26.3 Å². The molecule has 4 heteroatoms. The molecule has 92 valence electrons. The maximum Gasteiger partial charge on any atom is 0.171 e. The van der Waals surface area contributed by atoms with Crippen molar-refractivity contribution >= 4 is 5.78 Å². The van der Waals surface area contributed by atoms with Crippen molar-refractivity contribution in [3.05, 3.63) is 29.3 Å². The maximum atomic E-state index is 13.7. The highest BCUT2D eigenvalue weighted by molar-refractivity contribution is 5.98. The Morgan fingerprint density at radius 3 is 2.29 bits per heavy atom. The van der Waals surface area contributed by atoms with E-state index in [4.69, 9.17) is 4.74 Å². The second kappa shape index (κ2) is 4.43. The SMILES string of the molecule is COc1cc(F)c(C(=O)C(C)C2CC2)c(F)c1. The number of carbonyl (C=O) groups is 1. The van der Waals surface area contributed by atoms with E-state index in [1.807, 2.05) is 0 Å². The van der Waals surface area contributed by atoms with Crippen LogP contribution in [0.5, 0.6) is 5.75 Å². The molecule has 2 rings (SSSR count). The molecule has 0 amide bonds. The average molecular weight is 240 g/mol. The molecule has 0 aliphatic heterocycles. The van der Waals surface area contributed by atoms with Gasteiger partial charge in [-0.1, -0.05) is 6.92 Å². The quantitative estimate of drug-likeness (QED) is 0.755. The van der Waals surface area contributed by atoms with Gasteiger partial charge < -0.3 is 4.74 Å². The van der Waals surface area contributed by atoms with Gasteiger partial charge in [-0.05, 0) is 18.8 Å². The lowest BCUT2D eigenvalue weighted by Crippen LogP contribution is -2.16. The molecule has 1 atom stereocenters. The van der Waals surface area contributed by atoms with E-state index >= 15 is 0 Å². The van der Waals surface area contributed by atoms with Crippen LogP contribution in [0.15, 0.2) is 12.1 Å². The number of methoxy groups -OCH3 is 1. The second-order valence-corrected chi connectivity index (χ2v) is 4.46. The van der Waals surface area contributed by atoms with Gasteiger partial charge in [0.15, 0.2) is 5.78 Å². The van der Waals surface area contributed by atoms with Crippen LogP contribution in [0, 0.1) is 23.5 Å². The van der Waals surface area contributed by atoms with E-state index < -0.39 is 23.0 Å². The van der Waals surface area contributed by atoms with Crippen LogP contribution in [-0.2, 0) is 0 Å². The summed E-state index contributed by atoms with van der Waals surface area (Å²) in [6, 6.07) is 2.08. The minimum Gasteiger partial charge on any atom is -0.497 e. The van der Waals surface area contributed by atoms with E-state index in [9.17, 15) is 13.6 Å². The number of carbonyl (C=O) groups excluding carboxylic acids is 1. The molecule has 1 aliphatic rings. The third-order valence-corrected chi connectivity index (χ3v) is 3.24. The molecule has 0 saturated heterocycles. The molecular formula is C13H14F2O2. The van der Waals surface area contributed by atoms with Crippen LogP contribution in [0.4, 0.5) is 8.78 Å². The van der Waals surface area contributed by atoms with Crippen LogP contribution in [0.1, 0.15) is 30.1 Å². The van der Waals surface area contributed by atoms with E-state index in [0.717, 1.165) is 25.0 Å². The van der Waals surface area contributed by atoms with Gasteiger partial charge in [-0.25, -0.2) is 8.78 Å². The number of Topliss-reactive ketones (excluding diaryl/α,β-unsaturated/α-hetero) is 1. The van der Waals surface area contributed by atoms with Crippen LogP contribution in [-0.4, -0.2) is 12.9 Å². The Balaban J connectivity index is 2.34. The van der Waals surface area contributed by atoms with Gasteiger partial charge >= 0.3 is 0 Å². The van der Waals surface area contributed by atoms with E-state index in [1.165, 1.54) is 7.11 Å². The highest BCUT2D eigenvalue weighted by Gasteiger charge is 2.35. The Morgan fingerprint density at radius 2 is 1.88 bits per heavy atom. The molecular weight excluding hydrogens is 226 g/mol. The number of benzene rings is 1. The number of ether oxygens (including phenoxy) is 1. The lowest BCUT2D eigenvalue weighted by atomic mass is 9.94. The van der Waals surface area contributed by atoms with Gasteiger partial charge in [-0.15, -0.1) is 0 Å². The lowest BCUT2D eigenvalue weighted by Gasteiger charge is -2.11. The van der Waals surface area contributed by atoms with Gasteiger partial charge in [0.05, 0.1) is 12.7 Å². The standard InChI is InChI=1S/C13H14F2O2/c1-7(8-3-4-8)13(16)12-10(14)5-9(17-2)6-11(12)15/h5-8H,3-4H2,1-2H3. The third-order valence-electron chi connectivity index (χ3n) is 3.24. The van der Waals surface area contributed by atoms with Crippen molar-refractivity contribution in [1.82, 2.24) is 0 Å². The Bertz CT molecular complexity index is 430. The largest absolute Gasteiger partial charge is 0.497 e. The minimum absolute atomic E-state index is 0.0793. The van der Waals surface area contributed by atoms with Crippen LogP contribution in [0.2, 0.25) is 0 Å². The summed E-state index contributed by atoms with van der Waals surface area (Å²) in [5.41, 5.74) is -0.440. The van der Waals surface area contributed by atoms with Gasteiger partial charge in [-0.3, -0.25) is 4.79 Å². The Labute approximate surface area is 98.6 Å². The minimum atomic E-state index is -0.848. The number of hydrogen-bond acceptors (Lipinski definition) is 2. The molecule has 1 aromatic rings. The van der Waals surface area contributed by atoms with Crippen LogP contribution in [0.3, 0.4) is 0 Å². The van der Waals surface area contributed by atoms with E-state index in [0.29, 0.717) is 0 Å². The highest BCUT2D eigenvalue weighted by atomic mass is 19.1. The van der Waals surface area contributed by atoms with Crippen molar-refractivity contribution in [3.8, 4) is 5.75 Å². The molecule has 1 aromatic carbocycles. The third kappa shape index (κ3) is 2.30. The Morgan fingerprint density at radius 1 is 1.35 bits per heavy atom. The zero-order chi connectivity index (χ0) is 12.6. The van der Waals surface area contributed by atoms with Crippen molar-refractivity contribution in [1.29, 1.82) is 0 Å². The fourth-order valence-corrected chi connectivity index (χ4v) is 1.94. The van der Waals surface area contributed by atoms with Gasteiger partial charge in [0, 0.05) is 18.1 Å². The first-order valence-corrected chi connectivity index (χ1v) is 5.62. The van der Waals surface area contributed by atoms with Crippen molar-refractivity contribution in [2.24, 2.45) is 11.8 Å². The summed E-state index contributed by atoms with van der Waals surface area (Å²) < 4.78 is 32.0. The molecule has 2 nitrogen and oxygen atoms in total. The van der Waals surface area contributed by atoms with Gasteiger partial charge in [0.2, 0.25) is 0 Å². The summed E-state index contributed by atoms with van der Waals surface area (Å²) in [6.07, 6.45) is 1.93. The second-order valence-electron chi connectivity index (χ2n) is 4.46. The van der Waals surface area contributed by atoms with E-state index in [2.05, 4.69) is 0 Å². The first-order valence-electron chi connectivity index (χ1n) is 5.62. The highest BCUT2D eigenvalue weighted by Crippen LogP contribution is 2.38. The number of ketones is 1. The van der Waals surface area contributed by atoms with Crippen molar-refractivity contribution < 1.29 is 18.3 Å². The molecule has 0 heterocycles. The summed E-state index contributed by atoms with van der Waals surface area (Å²) in [5, 5.41) is 0. The normalized spacial score (nSPS) is 16.7. The monoisotopic (exact) mass is 240 g/mol. The predicted molar refractivity (Wildman–Crippen MR) is 59.1 cm³/mol. The molecule has 17 heavy (non-hydrogen) atoms. The molecule has 0 N–H and O–H groups in total. The fourth-order valence-electron chi connectivity index (χ4n) is 1.94. The van der Waals surface area contributed by atoms with E-state index in [1.54, 1.807) is 6.92 Å². The van der Waals surface area contributed by atoms with Crippen molar-refractivity contribution in [2.75, 3.05) is 7.11 Å². The molecule has 0 radical (unpaired) electrons. The number of halogens is 2. The summed E-state index contributed by atoms with van der Waals surface area (Å²) in [4.78, 5) is 11.9. The number of hydrogen-bond donors (Lipinski definition) is 0. The summed E-state index contributed by atoms with van der Waals surface area (Å²) in [5.74, 6) is -2.10. The Hall–Kier alpha value is -1.45. The van der Waals surface area contributed by atoms with E-state index in [-0.39, 0.29) is 17.6 Å². The molecule has 0 spiro atoms. The zero-order valence-electron chi connectivity index (χ0n) is 9.80. The zero-order valence-corrected chi connectivity index (χ0v) is 9.80. The molecule has 1 fully saturated rings. The average Bonchev–Trinajstić information content (AvgIpc) is 3.10. The maximum absolute atomic E-state index is 13.7. The molecule has 0 aromatic heterocycles.